The number of aliphatic hydroxyl groups excluding tert-OH is 1. The zero-order valence-corrected chi connectivity index (χ0v) is 13.5. The van der Waals surface area contributed by atoms with Gasteiger partial charge in [-0.2, -0.15) is 0 Å². The van der Waals surface area contributed by atoms with E-state index in [-0.39, 0.29) is 18.7 Å². The minimum absolute atomic E-state index is 0.0310. The molecule has 23 heavy (non-hydrogen) atoms. The van der Waals surface area contributed by atoms with Crippen LogP contribution in [0.15, 0.2) is 54.6 Å². The van der Waals surface area contributed by atoms with Crippen molar-refractivity contribution >= 4 is 11.7 Å². The van der Waals surface area contributed by atoms with Crippen LogP contribution < -0.4 is 10.6 Å². The van der Waals surface area contributed by atoms with Gasteiger partial charge in [0.15, 0.2) is 0 Å². The Balaban J connectivity index is 1.98. The predicted octanol–water partition coefficient (Wildman–Crippen LogP) is 3.56. The molecule has 4 nitrogen and oxygen atoms in total. The summed E-state index contributed by atoms with van der Waals surface area (Å²) in [4.78, 5) is 12.1. The summed E-state index contributed by atoms with van der Waals surface area (Å²) in [6.45, 7) is 2.08. The van der Waals surface area contributed by atoms with Crippen molar-refractivity contribution in [3.63, 3.8) is 0 Å². The molecule has 0 aliphatic rings. The van der Waals surface area contributed by atoms with Crippen molar-refractivity contribution in [1.82, 2.24) is 5.32 Å². The van der Waals surface area contributed by atoms with Gasteiger partial charge in [-0.3, -0.25) is 0 Å². The second-order valence-corrected chi connectivity index (χ2v) is 5.68. The molecule has 0 saturated carbocycles. The van der Waals surface area contributed by atoms with Gasteiger partial charge in [0, 0.05) is 18.3 Å². The number of aliphatic hydroxyl groups is 1. The maximum absolute atomic E-state index is 12.1. The molecule has 1 atom stereocenters. The molecule has 0 heterocycles. The quantitative estimate of drug-likeness (QED) is 0.732. The van der Waals surface area contributed by atoms with E-state index in [1.54, 1.807) is 0 Å². The topological polar surface area (TPSA) is 61.4 Å². The van der Waals surface area contributed by atoms with Crippen molar-refractivity contribution < 1.29 is 9.90 Å². The number of rotatable bonds is 7. The van der Waals surface area contributed by atoms with Crippen molar-refractivity contribution in [2.45, 2.75) is 32.2 Å². The number of hydrogen-bond acceptors (Lipinski definition) is 2. The van der Waals surface area contributed by atoms with Gasteiger partial charge in [0.1, 0.15) is 0 Å². The normalized spacial score (nSPS) is 11.7. The molecule has 2 aromatic rings. The number of hydrogen-bond donors (Lipinski definition) is 3. The Morgan fingerprint density at radius 3 is 2.52 bits per heavy atom. The number of anilines is 1. The highest BCUT2D eigenvalue weighted by molar-refractivity contribution is 5.90. The first-order chi connectivity index (χ1) is 11.2. The Kier molecular flexibility index (Phi) is 6.63. The van der Waals surface area contributed by atoms with Crippen LogP contribution in [-0.2, 0) is 6.42 Å². The fourth-order valence-electron chi connectivity index (χ4n) is 2.46. The molecular weight excluding hydrogens is 288 g/mol. The first-order valence-corrected chi connectivity index (χ1v) is 7.99. The molecule has 2 amide bonds. The third kappa shape index (κ3) is 5.75. The van der Waals surface area contributed by atoms with Crippen LogP contribution in [-0.4, -0.2) is 23.8 Å². The maximum atomic E-state index is 12.1. The fourth-order valence-corrected chi connectivity index (χ4v) is 2.46. The number of carbonyl (C=O) groups excluding carboxylic acids is 1. The zero-order chi connectivity index (χ0) is 16.5. The largest absolute Gasteiger partial charge is 0.396 e. The van der Waals surface area contributed by atoms with Gasteiger partial charge >= 0.3 is 6.03 Å². The van der Waals surface area contributed by atoms with Gasteiger partial charge in [-0.1, -0.05) is 48.5 Å². The molecule has 2 rings (SSSR count). The summed E-state index contributed by atoms with van der Waals surface area (Å²) >= 11 is 0. The summed E-state index contributed by atoms with van der Waals surface area (Å²) in [6, 6.07) is 17.8. The van der Waals surface area contributed by atoms with E-state index >= 15 is 0 Å². The summed E-state index contributed by atoms with van der Waals surface area (Å²) in [5.41, 5.74) is 3.11. The average molecular weight is 312 g/mol. The zero-order valence-electron chi connectivity index (χ0n) is 13.5. The molecule has 0 radical (unpaired) electrons. The van der Waals surface area contributed by atoms with Crippen molar-refractivity contribution in [2.75, 3.05) is 11.9 Å². The third-order valence-electron chi connectivity index (χ3n) is 3.68. The van der Waals surface area contributed by atoms with E-state index in [1.165, 1.54) is 5.56 Å². The van der Waals surface area contributed by atoms with E-state index in [9.17, 15) is 4.79 Å². The lowest BCUT2D eigenvalue weighted by molar-refractivity contribution is 0.245. The molecule has 3 N–H and O–H groups in total. The summed E-state index contributed by atoms with van der Waals surface area (Å²) in [5, 5.41) is 14.7. The van der Waals surface area contributed by atoms with Crippen molar-refractivity contribution in [3.8, 4) is 0 Å². The van der Waals surface area contributed by atoms with Gasteiger partial charge in [-0.05, 0) is 43.4 Å². The Morgan fingerprint density at radius 1 is 1.09 bits per heavy atom. The van der Waals surface area contributed by atoms with Gasteiger partial charge in [0.05, 0.1) is 0 Å². The Hall–Kier alpha value is -2.33. The second-order valence-electron chi connectivity index (χ2n) is 5.68. The molecule has 4 heteroatoms. The van der Waals surface area contributed by atoms with E-state index in [4.69, 9.17) is 5.11 Å². The minimum Gasteiger partial charge on any atom is -0.396 e. The summed E-state index contributed by atoms with van der Waals surface area (Å²) in [7, 11) is 0. The molecule has 0 aromatic heterocycles. The monoisotopic (exact) mass is 312 g/mol. The number of benzene rings is 2. The highest BCUT2D eigenvalue weighted by Gasteiger charge is 2.09. The van der Waals surface area contributed by atoms with Crippen LogP contribution in [0.25, 0.3) is 0 Å². The standard InChI is InChI=1S/C19H24N2O2/c1-15(8-7-13-22)20-19(23)21-18-12-6-5-11-17(18)14-16-9-3-2-4-10-16/h2-6,9-12,15,22H,7-8,13-14H2,1H3,(H2,20,21,23). The first kappa shape index (κ1) is 17.0. The second kappa shape index (κ2) is 8.96. The summed E-state index contributed by atoms with van der Waals surface area (Å²) in [6.07, 6.45) is 2.22. The number of carbonyl (C=O) groups is 1. The van der Waals surface area contributed by atoms with E-state index in [2.05, 4.69) is 22.8 Å². The highest BCUT2D eigenvalue weighted by Crippen LogP contribution is 2.19. The van der Waals surface area contributed by atoms with Gasteiger partial charge in [0.25, 0.3) is 0 Å². The van der Waals surface area contributed by atoms with Crippen LogP contribution in [0.1, 0.15) is 30.9 Å². The van der Waals surface area contributed by atoms with Crippen molar-refractivity contribution in [3.05, 3.63) is 65.7 Å². The molecule has 0 spiro atoms. The van der Waals surface area contributed by atoms with Crippen molar-refractivity contribution in [2.24, 2.45) is 0 Å². The Bertz CT molecular complexity index is 614. The molecule has 1 unspecified atom stereocenters. The number of nitrogens with one attached hydrogen (secondary N) is 2. The van der Waals surface area contributed by atoms with Crippen LogP contribution in [0.2, 0.25) is 0 Å². The molecule has 0 bridgehead atoms. The Morgan fingerprint density at radius 2 is 1.78 bits per heavy atom. The number of para-hydroxylation sites is 1. The van der Waals surface area contributed by atoms with E-state index in [1.807, 2.05) is 49.4 Å². The molecule has 0 aliphatic heterocycles. The number of amides is 2. The lowest BCUT2D eigenvalue weighted by Crippen LogP contribution is -2.36. The van der Waals surface area contributed by atoms with E-state index in [0.29, 0.717) is 6.42 Å². The number of urea groups is 1. The van der Waals surface area contributed by atoms with Crippen LogP contribution in [0, 0.1) is 0 Å². The minimum atomic E-state index is -0.212. The maximum Gasteiger partial charge on any atom is 0.319 e. The Labute approximate surface area is 137 Å². The van der Waals surface area contributed by atoms with Crippen molar-refractivity contribution in [1.29, 1.82) is 0 Å². The van der Waals surface area contributed by atoms with Crippen LogP contribution in [0.4, 0.5) is 10.5 Å². The lowest BCUT2D eigenvalue weighted by atomic mass is 10.0. The molecule has 0 aliphatic carbocycles. The smallest absolute Gasteiger partial charge is 0.319 e. The molecule has 2 aromatic carbocycles. The van der Waals surface area contributed by atoms with Gasteiger partial charge < -0.3 is 15.7 Å². The molecule has 0 fully saturated rings. The highest BCUT2D eigenvalue weighted by atomic mass is 16.3. The van der Waals surface area contributed by atoms with E-state index in [0.717, 1.165) is 24.1 Å². The third-order valence-corrected chi connectivity index (χ3v) is 3.68. The van der Waals surface area contributed by atoms with Gasteiger partial charge in [-0.15, -0.1) is 0 Å². The van der Waals surface area contributed by atoms with Crippen LogP contribution in [0.5, 0.6) is 0 Å². The average Bonchev–Trinajstić information content (AvgIpc) is 2.55. The van der Waals surface area contributed by atoms with E-state index < -0.39 is 0 Å². The SMILES string of the molecule is CC(CCCO)NC(=O)Nc1ccccc1Cc1ccccc1. The summed E-state index contributed by atoms with van der Waals surface area (Å²) < 4.78 is 0. The molecular formula is C19H24N2O2. The molecule has 122 valence electrons. The fraction of sp³-hybridized carbons (Fsp3) is 0.316. The van der Waals surface area contributed by atoms with Crippen LogP contribution >= 0.6 is 0 Å². The van der Waals surface area contributed by atoms with Gasteiger partial charge in [-0.25, -0.2) is 4.79 Å². The summed E-state index contributed by atoms with van der Waals surface area (Å²) in [5.74, 6) is 0. The lowest BCUT2D eigenvalue weighted by Gasteiger charge is -2.16. The van der Waals surface area contributed by atoms with Gasteiger partial charge in [0.2, 0.25) is 0 Å². The predicted molar refractivity (Wildman–Crippen MR) is 93.6 cm³/mol. The first-order valence-electron chi connectivity index (χ1n) is 7.99. The van der Waals surface area contributed by atoms with Crippen LogP contribution in [0.3, 0.4) is 0 Å². The molecule has 0 saturated heterocycles.